The van der Waals surface area contributed by atoms with E-state index in [0.717, 1.165) is 13.2 Å². The van der Waals surface area contributed by atoms with Gasteiger partial charge in [-0.2, -0.15) is 0 Å². The monoisotopic (exact) mass is 494 g/mol. The minimum atomic E-state index is -1.07. The van der Waals surface area contributed by atoms with E-state index in [2.05, 4.69) is 10.3 Å². The van der Waals surface area contributed by atoms with Gasteiger partial charge in [-0.15, -0.1) is 0 Å². The van der Waals surface area contributed by atoms with Gasteiger partial charge in [0.15, 0.2) is 11.6 Å². The van der Waals surface area contributed by atoms with E-state index < -0.39 is 41.1 Å². The molecule has 12 heteroatoms. The number of nitrogens with one attached hydrogen (secondary N) is 1. The third-order valence-corrected chi connectivity index (χ3v) is 5.84. The molecule has 3 heterocycles. The van der Waals surface area contributed by atoms with Gasteiger partial charge in [-0.05, 0) is 12.1 Å². The number of pyridine rings is 1. The van der Waals surface area contributed by atoms with Crippen LogP contribution in [0.5, 0.6) is 5.75 Å². The molecule has 0 saturated carbocycles. The van der Waals surface area contributed by atoms with Crippen LogP contribution in [0.15, 0.2) is 24.4 Å². The number of fused-ring (bicyclic) bond motifs is 1. The molecule has 1 aliphatic heterocycles. The van der Waals surface area contributed by atoms with Crippen molar-refractivity contribution in [3.63, 3.8) is 0 Å². The molecule has 0 radical (unpaired) electrons. The van der Waals surface area contributed by atoms with Crippen LogP contribution in [0, 0.1) is 11.6 Å². The van der Waals surface area contributed by atoms with Crippen molar-refractivity contribution in [1.82, 2.24) is 19.6 Å². The lowest BCUT2D eigenvalue weighted by Crippen LogP contribution is -2.45. The summed E-state index contributed by atoms with van der Waals surface area (Å²) in [5, 5.41) is 12.0. The number of nitrogens with zero attached hydrogens (tertiary/aromatic N) is 3. The Morgan fingerprint density at radius 2 is 2.15 bits per heavy atom. The molecule has 2 amide bonds. The fraction of sp³-hybridized carbons (Fsp3) is 0.318. The zero-order valence-corrected chi connectivity index (χ0v) is 19.0. The summed E-state index contributed by atoms with van der Waals surface area (Å²) < 4.78 is 43.1. The second kappa shape index (κ2) is 9.43. The number of carbonyl (C=O) groups excluding carboxylic acids is 1. The lowest BCUT2D eigenvalue weighted by molar-refractivity contribution is -0.0214. The summed E-state index contributed by atoms with van der Waals surface area (Å²) >= 11 is 6.11. The second-order valence-corrected chi connectivity index (χ2v) is 8.05. The minimum absolute atomic E-state index is 0.0648. The van der Waals surface area contributed by atoms with E-state index in [1.807, 2.05) is 0 Å². The number of hydrogen-bond acceptors (Lipinski definition) is 5. The molecular formula is C22H21ClF2N4O5. The molecule has 4 rings (SSSR count). The van der Waals surface area contributed by atoms with Crippen LogP contribution in [-0.2, 0) is 11.2 Å². The smallest absolute Gasteiger partial charge is 0.407 e. The average Bonchev–Trinajstić information content (AvgIpc) is 3.16. The SMILES string of the molecule is CNC(=O)c1cc(F)c(-c2nc3cc(Cl)ccn3c2C[C@H]2CN(C(=O)O)CCO2)c(OC)c1F. The normalized spacial score (nSPS) is 16.0. The molecule has 34 heavy (non-hydrogen) atoms. The van der Waals surface area contributed by atoms with Crippen molar-refractivity contribution in [1.29, 1.82) is 0 Å². The van der Waals surface area contributed by atoms with Crippen molar-refractivity contribution in [2.75, 3.05) is 33.9 Å². The lowest BCUT2D eigenvalue weighted by atomic mass is 10.0. The summed E-state index contributed by atoms with van der Waals surface area (Å²) in [5.74, 6) is -3.24. The number of amides is 2. The van der Waals surface area contributed by atoms with Crippen LogP contribution in [0.3, 0.4) is 0 Å². The van der Waals surface area contributed by atoms with Gasteiger partial charge >= 0.3 is 6.09 Å². The van der Waals surface area contributed by atoms with Crippen LogP contribution in [0.4, 0.5) is 13.6 Å². The fourth-order valence-electron chi connectivity index (χ4n) is 4.01. The first kappa shape index (κ1) is 23.7. The van der Waals surface area contributed by atoms with Gasteiger partial charge in [-0.1, -0.05) is 11.6 Å². The van der Waals surface area contributed by atoms with Gasteiger partial charge in [0.25, 0.3) is 5.91 Å². The van der Waals surface area contributed by atoms with Crippen LogP contribution in [0.2, 0.25) is 5.02 Å². The third kappa shape index (κ3) is 4.24. The standard InChI is InChI=1S/C22H21ClF2N4O5/c1-26-21(30)13-9-14(24)17(20(33-2)18(13)25)19-15(29-4-3-11(23)7-16(29)27-19)8-12-10-28(22(31)32)5-6-34-12/h3-4,7,9,12H,5-6,8,10H2,1-2H3,(H,26,30)(H,31,32)/t12-/m0/s1. The molecule has 1 aromatic carbocycles. The Labute approximate surface area is 197 Å². The summed E-state index contributed by atoms with van der Waals surface area (Å²) in [6.45, 7) is 0.525. The highest BCUT2D eigenvalue weighted by Gasteiger charge is 2.31. The van der Waals surface area contributed by atoms with Crippen molar-refractivity contribution in [3.8, 4) is 17.0 Å². The summed E-state index contributed by atoms with van der Waals surface area (Å²) in [6.07, 6.45) is 0.144. The fourth-order valence-corrected chi connectivity index (χ4v) is 4.17. The van der Waals surface area contributed by atoms with Gasteiger partial charge in [0.05, 0.1) is 48.9 Å². The van der Waals surface area contributed by atoms with Crippen LogP contribution >= 0.6 is 11.6 Å². The van der Waals surface area contributed by atoms with Crippen LogP contribution in [0.25, 0.3) is 16.9 Å². The first-order valence-corrected chi connectivity index (χ1v) is 10.7. The molecule has 0 aliphatic carbocycles. The van der Waals surface area contributed by atoms with Crippen molar-refractivity contribution in [2.45, 2.75) is 12.5 Å². The molecule has 0 unspecified atom stereocenters. The number of imidazole rings is 1. The number of aromatic nitrogens is 2. The highest BCUT2D eigenvalue weighted by Crippen LogP contribution is 2.39. The van der Waals surface area contributed by atoms with E-state index in [9.17, 15) is 14.7 Å². The molecule has 9 nitrogen and oxygen atoms in total. The first-order valence-electron chi connectivity index (χ1n) is 10.3. The Balaban J connectivity index is 1.89. The quantitative estimate of drug-likeness (QED) is 0.564. The predicted molar refractivity (Wildman–Crippen MR) is 119 cm³/mol. The Morgan fingerprint density at radius 3 is 2.82 bits per heavy atom. The van der Waals surface area contributed by atoms with Gasteiger partial charge in [0.2, 0.25) is 0 Å². The van der Waals surface area contributed by atoms with E-state index in [1.54, 1.807) is 22.7 Å². The molecule has 0 bridgehead atoms. The Hall–Kier alpha value is -3.44. The third-order valence-electron chi connectivity index (χ3n) is 5.60. The Bertz CT molecular complexity index is 1280. The van der Waals surface area contributed by atoms with Gasteiger partial charge in [0, 0.05) is 37.3 Å². The number of ether oxygens (including phenoxy) is 2. The lowest BCUT2D eigenvalue weighted by Gasteiger charge is -2.31. The molecule has 1 atom stereocenters. The van der Waals surface area contributed by atoms with E-state index in [-0.39, 0.29) is 37.4 Å². The van der Waals surface area contributed by atoms with Gasteiger partial charge < -0.3 is 29.2 Å². The molecule has 2 N–H and O–H groups in total. The Kier molecular flexibility index (Phi) is 6.58. The molecule has 1 aliphatic rings. The largest absolute Gasteiger partial charge is 0.493 e. The molecule has 2 aromatic heterocycles. The van der Waals surface area contributed by atoms with Gasteiger partial charge in [-0.3, -0.25) is 4.79 Å². The van der Waals surface area contributed by atoms with E-state index >= 15 is 8.78 Å². The number of benzene rings is 1. The first-order chi connectivity index (χ1) is 16.2. The average molecular weight is 495 g/mol. The molecule has 1 saturated heterocycles. The van der Waals surface area contributed by atoms with Crippen molar-refractivity contribution in [2.24, 2.45) is 0 Å². The number of methoxy groups -OCH3 is 1. The number of rotatable bonds is 5. The highest BCUT2D eigenvalue weighted by molar-refractivity contribution is 6.30. The molecule has 0 spiro atoms. The molecule has 3 aromatic rings. The maximum absolute atomic E-state index is 15.4. The zero-order chi connectivity index (χ0) is 24.6. The zero-order valence-electron chi connectivity index (χ0n) is 18.3. The molecule has 180 valence electrons. The van der Waals surface area contributed by atoms with Crippen LogP contribution in [-0.4, -0.2) is 71.3 Å². The maximum atomic E-state index is 15.4. The highest BCUT2D eigenvalue weighted by atomic mass is 35.5. The number of morpholine rings is 1. The van der Waals surface area contributed by atoms with Crippen molar-refractivity contribution in [3.05, 3.63) is 52.3 Å². The summed E-state index contributed by atoms with van der Waals surface area (Å²) in [7, 11) is 2.46. The summed E-state index contributed by atoms with van der Waals surface area (Å²) in [5.41, 5.74) is 0.0823. The number of halogens is 3. The summed E-state index contributed by atoms with van der Waals surface area (Å²) in [4.78, 5) is 29.1. The molecule has 1 fully saturated rings. The van der Waals surface area contributed by atoms with Crippen LogP contribution in [0.1, 0.15) is 16.1 Å². The summed E-state index contributed by atoms with van der Waals surface area (Å²) in [6, 6.07) is 3.95. The molecular weight excluding hydrogens is 474 g/mol. The topological polar surface area (TPSA) is 105 Å². The van der Waals surface area contributed by atoms with E-state index in [4.69, 9.17) is 21.1 Å². The number of carbonyl (C=O) groups is 2. The predicted octanol–water partition coefficient (Wildman–Crippen LogP) is 3.22. The van der Waals surface area contributed by atoms with Crippen molar-refractivity contribution >= 4 is 29.2 Å². The van der Waals surface area contributed by atoms with E-state index in [1.165, 1.54) is 11.9 Å². The van der Waals surface area contributed by atoms with E-state index in [0.29, 0.717) is 16.4 Å². The van der Waals surface area contributed by atoms with Gasteiger partial charge in [0.1, 0.15) is 11.5 Å². The maximum Gasteiger partial charge on any atom is 0.407 e. The van der Waals surface area contributed by atoms with Crippen LogP contribution < -0.4 is 10.1 Å². The minimum Gasteiger partial charge on any atom is -0.493 e. The second-order valence-electron chi connectivity index (χ2n) is 7.61. The Morgan fingerprint density at radius 1 is 1.38 bits per heavy atom. The number of carboxylic acid groups (broad SMARTS) is 1. The van der Waals surface area contributed by atoms with Gasteiger partial charge in [-0.25, -0.2) is 18.6 Å². The van der Waals surface area contributed by atoms with Crippen molar-refractivity contribution < 1.29 is 33.0 Å². The number of hydrogen-bond donors (Lipinski definition) is 2.